The predicted octanol–water partition coefficient (Wildman–Crippen LogP) is 3.92. The first-order chi connectivity index (χ1) is 12.0. The lowest BCUT2D eigenvalue weighted by atomic mass is 10.0. The van der Waals surface area contributed by atoms with Gasteiger partial charge in [0.15, 0.2) is 0 Å². The summed E-state index contributed by atoms with van der Waals surface area (Å²) in [4.78, 5) is 27.3. The van der Waals surface area contributed by atoms with Crippen molar-refractivity contribution in [3.8, 4) is 0 Å². The van der Waals surface area contributed by atoms with E-state index in [4.69, 9.17) is 0 Å². The summed E-state index contributed by atoms with van der Waals surface area (Å²) in [7, 11) is 0. The number of aromatic nitrogens is 1. The third kappa shape index (κ3) is 3.86. The van der Waals surface area contributed by atoms with E-state index in [2.05, 4.69) is 26.1 Å². The molecule has 2 amide bonds. The number of likely N-dealkylation sites (tertiary alicyclic amines) is 1. The Kier molecular flexibility index (Phi) is 5.11. The second-order valence-electron chi connectivity index (χ2n) is 7.56. The van der Waals surface area contributed by atoms with Crippen molar-refractivity contribution >= 4 is 22.5 Å². The molecule has 0 spiro atoms. The van der Waals surface area contributed by atoms with E-state index in [0.717, 1.165) is 24.9 Å². The van der Waals surface area contributed by atoms with Gasteiger partial charge >= 0.3 is 6.03 Å². The number of amides is 2. The number of hydrogen-bond donors (Lipinski definition) is 1. The van der Waals surface area contributed by atoms with E-state index in [9.17, 15) is 9.59 Å². The maximum atomic E-state index is 12.7. The van der Waals surface area contributed by atoms with Crippen molar-refractivity contribution in [1.82, 2.24) is 9.47 Å². The molecule has 5 heteroatoms. The van der Waals surface area contributed by atoms with Crippen molar-refractivity contribution in [2.24, 2.45) is 11.8 Å². The minimum atomic E-state index is -0.0774. The highest BCUT2D eigenvalue weighted by Crippen LogP contribution is 2.22. The molecule has 5 nitrogen and oxygen atoms in total. The van der Waals surface area contributed by atoms with E-state index >= 15 is 0 Å². The molecule has 1 aliphatic heterocycles. The van der Waals surface area contributed by atoms with Crippen molar-refractivity contribution in [1.29, 1.82) is 0 Å². The number of nitrogens with one attached hydrogen (secondary N) is 1. The number of carbonyl (C=O) groups is 1. The molecule has 1 atom stereocenters. The Balaban J connectivity index is 1.95. The van der Waals surface area contributed by atoms with Crippen molar-refractivity contribution in [2.75, 3.05) is 18.4 Å². The van der Waals surface area contributed by atoms with E-state index in [1.54, 1.807) is 10.8 Å². The van der Waals surface area contributed by atoms with Crippen LogP contribution in [0.15, 0.2) is 35.3 Å². The zero-order valence-corrected chi connectivity index (χ0v) is 15.3. The average Bonchev–Trinajstić information content (AvgIpc) is 2.58. The Bertz CT molecular complexity index is 825. The Labute approximate surface area is 148 Å². The van der Waals surface area contributed by atoms with Crippen LogP contribution in [-0.2, 0) is 6.54 Å². The molecule has 1 aromatic carbocycles. The Morgan fingerprint density at radius 3 is 2.68 bits per heavy atom. The van der Waals surface area contributed by atoms with Crippen LogP contribution in [0.2, 0.25) is 0 Å². The Morgan fingerprint density at radius 2 is 2.00 bits per heavy atom. The molecule has 2 aromatic rings. The zero-order chi connectivity index (χ0) is 18.0. The van der Waals surface area contributed by atoms with Crippen LogP contribution in [0.25, 0.3) is 10.8 Å². The third-order valence-electron chi connectivity index (χ3n) is 4.74. The van der Waals surface area contributed by atoms with Crippen LogP contribution in [0.5, 0.6) is 0 Å². The fourth-order valence-corrected chi connectivity index (χ4v) is 3.54. The standard InChI is InChI=1S/C20H27N3O2/c1-14(2)11-23-13-18(16-8-4-5-9-17(16)19(23)24)21-20(25)22-10-6-7-15(3)12-22/h4-5,8-9,13-15H,6-7,10-12H2,1-3H3,(H,21,25). The molecule has 1 unspecified atom stereocenters. The summed E-state index contributed by atoms with van der Waals surface area (Å²) in [6.07, 6.45) is 4.00. The number of rotatable bonds is 3. The molecule has 0 aliphatic carbocycles. The van der Waals surface area contributed by atoms with E-state index in [1.165, 1.54) is 6.42 Å². The fraction of sp³-hybridized carbons (Fsp3) is 0.500. The van der Waals surface area contributed by atoms with Crippen molar-refractivity contribution in [3.05, 3.63) is 40.8 Å². The molecule has 1 aromatic heterocycles. The van der Waals surface area contributed by atoms with Crippen LogP contribution >= 0.6 is 0 Å². The average molecular weight is 341 g/mol. The van der Waals surface area contributed by atoms with E-state index in [0.29, 0.717) is 29.5 Å². The van der Waals surface area contributed by atoms with Gasteiger partial charge in [0, 0.05) is 36.6 Å². The van der Waals surface area contributed by atoms with Gasteiger partial charge < -0.3 is 14.8 Å². The molecule has 0 saturated carbocycles. The fourth-order valence-electron chi connectivity index (χ4n) is 3.54. The van der Waals surface area contributed by atoms with Crippen molar-refractivity contribution in [2.45, 2.75) is 40.2 Å². The lowest BCUT2D eigenvalue weighted by molar-refractivity contribution is 0.182. The number of fused-ring (bicyclic) bond motifs is 1. The molecule has 2 heterocycles. The van der Waals surface area contributed by atoms with Gasteiger partial charge in [-0.3, -0.25) is 4.79 Å². The van der Waals surface area contributed by atoms with Gasteiger partial charge in [0.25, 0.3) is 5.56 Å². The van der Waals surface area contributed by atoms with E-state index in [1.807, 2.05) is 29.2 Å². The molecule has 25 heavy (non-hydrogen) atoms. The van der Waals surface area contributed by atoms with Crippen LogP contribution in [0.3, 0.4) is 0 Å². The molecule has 1 fully saturated rings. The minimum absolute atomic E-state index is 0.00565. The number of nitrogens with zero attached hydrogens (tertiary/aromatic N) is 2. The van der Waals surface area contributed by atoms with Gasteiger partial charge in [0.05, 0.1) is 5.69 Å². The first kappa shape index (κ1) is 17.5. The van der Waals surface area contributed by atoms with Crippen LogP contribution in [-0.4, -0.2) is 28.6 Å². The molecule has 3 rings (SSSR count). The summed E-state index contributed by atoms with van der Waals surface area (Å²) in [5.74, 6) is 0.886. The summed E-state index contributed by atoms with van der Waals surface area (Å²) in [6, 6.07) is 7.40. The van der Waals surface area contributed by atoms with Gasteiger partial charge in [0.2, 0.25) is 0 Å². The van der Waals surface area contributed by atoms with E-state index in [-0.39, 0.29) is 11.6 Å². The molecule has 1 N–H and O–H groups in total. The van der Waals surface area contributed by atoms with Gasteiger partial charge in [-0.2, -0.15) is 0 Å². The summed E-state index contributed by atoms with van der Waals surface area (Å²) < 4.78 is 1.71. The molecular weight excluding hydrogens is 314 g/mol. The molecule has 1 saturated heterocycles. The van der Waals surface area contributed by atoms with Crippen LogP contribution in [0, 0.1) is 11.8 Å². The lowest BCUT2D eigenvalue weighted by Crippen LogP contribution is -2.41. The number of urea groups is 1. The number of piperidine rings is 1. The van der Waals surface area contributed by atoms with Crippen LogP contribution < -0.4 is 10.9 Å². The monoisotopic (exact) mass is 341 g/mol. The maximum Gasteiger partial charge on any atom is 0.321 e. The highest BCUT2D eigenvalue weighted by molar-refractivity contribution is 6.01. The number of hydrogen-bond acceptors (Lipinski definition) is 2. The van der Waals surface area contributed by atoms with Gasteiger partial charge in [-0.15, -0.1) is 0 Å². The first-order valence-electron chi connectivity index (χ1n) is 9.14. The number of anilines is 1. The second-order valence-corrected chi connectivity index (χ2v) is 7.56. The topological polar surface area (TPSA) is 54.3 Å². The lowest BCUT2D eigenvalue weighted by Gasteiger charge is -2.31. The molecule has 1 aliphatic rings. The zero-order valence-electron chi connectivity index (χ0n) is 15.3. The van der Waals surface area contributed by atoms with Crippen LogP contribution in [0.4, 0.5) is 10.5 Å². The Hall–Kier alpha value is -2.30. The van der Waals surface area contributed by atoms with Crippen molar-refractivity contribution in [3.63, 3.8) is 0 Å². The molecular formula is C20H27N3O2. The molecule has 0 bridgehead atoms. The highest BCUT2D eigenvalue weighted by atomic mass is 16.2. The largest absolute Gasteiger partial charge is 0.324 e. The first-order valence-corrected chi connectivity index (χ1v) is 9.14. The summed E-state index contributed by atoms with van der Waals surface area (Å²) >= 11 is 0. The van der Waals surface area contributed by atoms with Gasteiger partial charge in [-0.1, -0.05) is 39.0 Å². The summed E-state index contributed by atoms with van der Waals surface area (Å²) in [6.45, 7) is 8.55. The molecule has 0 radical (unpaired) electrons. The van der Waals surface area contributed by atoms with Crippen LogP contribution in [0.1, 0.15) is 33.6 Å². The van der Waals surface area contributed by atoms with Gasteiger partial charge in [-0.05, 0) is 30.7 Å². The predicted molar refractivity (Wildman–Crippen MR) is 102 cm³/mol. The SMILES string of the molecule is CC(C)Cn1cc(NC(=O)N2CCCC(C)C2)c2ccccc2c1=O. The second kappa shape index (κ2) is 7.30. The quantitative estimate of drug-likeness (QED) is 0.920. The minimum Gasteiger partial charge on any atom is -0.324 e. The smallest absolute Gasteiger partial charge is 0.321 e. The summed E-state index contributed by atoms with van der Waals surface area (Å²) in [5.41, 5.74) is 0.702. The Morgan fingerprint density at radius 1 is 1.28 bits per heavy atom. The number of benzene rings is 1. The third-order valence-corrected chi connectivity index (χ3v) is 4.74. The number of pyridine rings is 1. The van der Waals surface area contributed by atoms with Gasteiger partial charge in [0.1, 0.15) is 0 Å². The van der Waals surface area contributed by atoms with Gasteiger partial charge in [-0.25, -0.2) is 4.79 Å². The maximum absolute atomic E-state index is 12.7. The van der Waals surface area contributed by atoms with Crippen molar-refractivity contribution < 1.29 is 4.79 Å². The highest BCUT2D eigenvalue weighted by Gasteiger charge is 2.22. The normalized spacial score (nSPS) is 17.9. The van der Waals surface area contributed by atoms with E-state index < -0.39 is 0 Å². The number of carbonyl (C=O) groups excluding carboxylic acids is 1. The molecule has 134 valence electrons. The summed E-state index contributed by atoms with van der Waals surface area (Å²) in [5, 5.41) is 4.49.